The van der Waals surface area contributed by atoms with Gasteiger partial charge in [-0.2, -0.15) is 0 Å². The van der Waals surface area contributed by atoms with Gasteiger partial charge in [0.15, 0.2) is 0 Å². The number of furan rings is 2. The van der Waals surface area contributed by atoms with Crippen LogP contribution >= 0.6 is 0 Å². The molecule has 0 radical (unpaired) electrons. The SMILES string of the molecule is C=CCOC(=O)c1c(N)oc2c(-c3ccccc3)c3c(C(=O)OCC=C)c(N)oc3cc12. The van der Waals surface area contributed by atoms with Crippen LogP contribution in [0.3, 0.4) is 0 Å². The number of hydrogen-bond acceptors (Lipinski definition) is 8. The smallest absolute Gasteiger partial charge is 0.344 e. The normalized spacial score (nSPS) is 10.9. The summed E-state index contributed by atoms with van der Waals surface area (Å²) in [6, 6.07) is 10.7. The molecule has 8 nitrogen and oxygen atoms in total. The maximum absolute atomic E-state index is 12.8. The molecule has 8 heteroatoms. The molecule has 4 rings (SSSR count). The van der Waals surface area contributed by atoms with Crippen LogP contribution in [0.25, 0.3) is 33.1 Å². The molecule has 0 amide bonds. The van der Waals surface area contributed by atoms with Crippen LogP contribution in [0, 0.1) is 0 Å². The summed E-state index contributed by atoms with van der Waals surface area (Å²) < 4.78 is 21.9. The highest BCUT2D eigenvalue weighted by atomic mass is 16.5. The van der Waals surface area contributed by atoms with E-state index in [1.807, 2.05) is 30.3 Å². The third-order valence-corrected chi connectivity index (χ3v) is 4.82. The summed E-state index contributed by atoms with van der Waals surface area (Å²) in [5.41, 5.74) is 13.9. The van der Waals surface area contributed by atoms with Gasteiger partial charge in [-0.15, -0.1) is 0 Å². The van der Waals surface area contributed by atoms with Gasteiger partial charge in [-0.25, -0.2) is 9.59 Å². The topological polar surface area (TPSA) is 131 Å². The Morgan fingerprint density at radius 2 is 1.50 bits per heavy atom. The zero-order valence-electron chi connectivity index (χ0n) is 17.1. The molecule has 0 saturated carbocycles. The number of fused-ring (bicyclic) bond motifs is 2. The van der Waals surface area contributed by atoms with Crippen LogP contribution in [-0.2, 0) is 9.47 Å². The second kappa shape index (κ2) is 8.35. The molecule has 2 aromatic carbocycles. The first-order valence-corrected chi connectivity index (χ1v) is 9.66. The van der Waals surface area contributed by atoms with E-state index in [-0.39, 0.29) is 47.3 Å². The molecule has 0 unspecified atom stereocenters. The molecular weight excluding hydrogens is 412 g/mol. The predicted octanol–water partition coefficient (Wildman–Crippen LogP) is 4.70. The molecule has 0 aliphatic carbocycles. The molecule has 162 valence electrons. The summed E-state index contributed by atoms with van der Waals surface area (Å²) in [5, 5.41) is 0.748. The quantitative estimate of drug-likeness (QED) is 0.317. The number of ether oxygens (including phenoxy) is 2. The van der Waals surface area contributed by atoms with Crippen molar-refractivity contribution < 1.29 is 27.9 Å². The van der Waals surface area contributed by atoms with Gasteiger partial charge in [-0.05, 0) is 11.6 Å². The van der Waals surface area contributed by atoms with E-state index in [9.17, 15) is 9.59 Å². The maximum atomic E-state index is 12.8. The first kappa shape index (κ1) is 20.8. The molecule has 2 heterocycles. The summed E-state index contributed by atoms with van der Waals surface area (Å²) >= 11 is 0. The summed E-state index contributed by atoms with van der Waals surface area (Å²) in [4.78, 5) is 25.4. The van der Waals surface area contributed by atoms with E-state index in [4.69, 9.17) is 29.8 Å². The molecule has 0 aliphatic heterocycles. The number of benzene rings is 2. The van der Waals surface area contributed by atoms with Crippen molar-refractivity contribution in [3.8, 4) is 11.1 Å². The van der Waals surface area contributed by atoms with Crippen molar-refractivity contribution in [2.45, 2.75) is 0 Å². The maximum Gasteiger partial charge on any atom is 0.344 e. The largest absolute Gasteiger partial charge is 0.458 e. The Labute approximate surface area is 182 Å². The van der Waals surface area contributed by atoms with Gasteiger partial charge in [0.05, 0.1) is 0 Å². The van der Waals surface area contributed by atoms with Gasteiger partial charge in [0.1, 0.15) is 35.5 Å². The Hall–Kier alpha value is -4.46. The van der Waals surface area contributed by atoms with Crippen molar-refractivity contribution in [1.82, 2.24) is 0 Å². The Morgan fingerprint density at radius 1 is 0.906 bits per heavy atom. The number of carbonyl (C=O) groups excluding carboxylic acids is 2. The van der Waals surface area contributed by atoms with Crippen molar-refractivity contribution in [1.29, 1.82) is 0 Å². The summed E-state index contributed by atoms with van der Waals surface area (Å²) in [6.07, 6.45) is 2.89. The van der Waals surface area contributed by atoms with Crippen LogP contribution in [0.4, 0.5) is 11.8 Å². The molecule has 0 fully saturated rings. The van der Waals surface area contributed by atoms with Crippen molar-refractivity contribution in [3.63, 3.8) is 0 Å². The Morgan fingerprint density at radius 3 is 2.12 bits per heavy atom. The number of rotatable bonds is 7. The zero-order valence-corrected chi connectivity index (χ0v) is 17.1. The number of nitrogens with two attached hydrogens (primary N) is 2. The highest BCUT2D eigenvalue weighted by Crippen LogP contribution is 2.44. The van der Waals surface area contributed by atoms with Gasteiger partial charge in [0, 0.05) is 16.3 Å². The van der Waals surface area contributed by atoms with Crippen molar-refractivity contribution >= 4 is 45.6 Å². The Bertz CT molecular complexity index is 1360. The molecule has 0 saturated heterocycles. The van der Waals surface area contributed by atoms with Gasteiger partial charge in [0.2, 0.25) is 11.8 Å². The van der Waals surface area contributed by atoms with Crippen molar-refractivity contribution in [3.05, 3.63) is 72.8 Å². The standard InChI is InChI=1S/C24H20N2O6/c1-3-10-29-23(27)17-14-12-15-18(19(22(26)31-15)24(28)30-11-4-2)16(20(14)32-21(17)25)13-8-6-5-7-9-13/h3-9,12H,1-2,10-11,25-26H2. The highest BCUT2D eigenvalue weighted by molar-refractivity contribution is 6.22. The van der Waals surface area contributed by atoms with Crippen molar-refractivity contribution in [2.75, 3.05) is 24.7 Å². The van der Waals surface area contributed by atoms with Gasteiger partial charge in [-0.3, -0.25) is 0 Å². The third-order valence-electron chi connectivity index (χ3n) is 4.82. The molecule has 4 aromatic rings. The monoisotopic (exact) mass is 432 g/mol. The number of carbonyl (C=O) groups is 2. The van der Waals surface area contributed by atoms with E-state index in [1.54, 1.807) is 6.07 Å². The van der Waals surface area contributed by atoms with E-state index in [0.29, 0.717) is 21.9 Å². The molecule has 4 N–H and O–H groups in total. The lowest BCUT2D eigenvalue weighted by Gasteiger charge is -2.07. The fraction of sp³-hybridized carbons (Fsp3) is 0.0833. The van der Waals surface area contributed by atoms with Gasteiger partial charge >= 0.3 is 11.9 Å². The molecule has 0 bridgehead atoms. The summed E-state index contributed by atoms with van der Waals surface area (Å²) in [6.45, 7) is 7.08. The van der Waals surface area contributed by atoms with E-state index < -0.39 is 11.9 Å². The van der Waals surface area contributed by atoms with Crippen LogP contribution in [-0.4, -0.2) is 25.2 Å². The minimum atomic E-state index is -0.678. The summed E-state index contributed by atoms with van der Waals surface area (Å²) in [7, 11) is 0. The number of anilines is 2. The minimum absolute atomic E-state index is 0.000847. The second-order valence-corrected chi connectivity index (χ2v) is 6.82. The van der Waals surface area contributed by atoms with E-state index >= 15 is 0 Å². The number of nitrogen functional groups attached to an aromatic ring is 2. The van der Waals surface area contributed by atoms with Gasteiger partial charge < -0.3 is 29.8 Å². The third kappa shape index (κ3) is 3.37. The fourth-order valence-corrected chi connectivity index (χ4v) is 3.55. The lowest BCUT2D eigenvalue weighted by Crippen LogP contribution is -2.07. The number of esters is 2. The van der Waals surface area contributed by atoms with Crippen LogP contribution in [0.15, 0.2) is 70.5 Å². The summed E-state index contributed by atoms with van der Waals surface area (Å²) in [5.74, 6) is -1.60. The molecule has 32 heavy (non-hydrogen) atoms. The molecule has 0 spiro atoms. The molecule has 0 aliphatic rings. The van der Waals surface area contributed by atoms with Gasteiger partial charge in [-0.1, -0.05) is 55.6 Å². The van der Waals surface area contributed by atoms with Crippen molar-refractivity contribution in [2.24, 2.45) is 0 Å². The minimum Gasteiger partial charge on any atom is -0.458 e. The van der Waals surface area contributed by atoms with E-state index in [1.165, 1.54) is 12.2 Å². The van der Waals surface area contributed by atoms with Gasteiger partial charge in [0.25, 0.3) is 0 Å². The van der Waals surface area contributed by atoms with E-state index in [2.05, 4.69) is 13.2 Å². The molecular formula is C24H20N2O6. The van der Waals surface area contributed by atoms with Crippen LogP contribution in [0.2, 0.25) is 0 Å². The average molecular weight is 432 g/mol. The van der Waals surface area contributed by atoms with Crippen LogP contribution in [0.1, 0.15) is 20.7 Å². The predicted molar refractivity (Wildman–Crippen MR) is 121 cm³/mol. The highest BCUT2D eigenvalue weighted by Gasteiger charge is 2.30. The first-order chi connectivity index (χ1) is 15.5. The average Bonchev–Trinajstić information content (AvgIpc) is 3.29. The lowest BCUT2D eigenvalue weighted by atomic mass is 9.96. The number of hydrogen-bond donors (Lipinski definition) is 2. The van der Waals surface area contributed by atoms with Crippen LogP contribution in [0.5, 0.6) is 0 Å². The van der Waals surface area contributed by atoms with E-state index in [0.717, 1.165) is 0 Å². The van der Waals surface area contributed by atoms with Crippen LogP contribution < -0.4 is 11.5 Å². The molecule has 2 aromatic heterocycles. The molecule has 0 atom stereocenters. The fourth-order valence-electron chi connectivity index (χ4n) is 3.55. The lowest BCUT2D eigenvalue weighted by molar-refractivity contribution is 0.0543. The zero-order chi connectivity index (χ0) is 22.8. The second-order valence-electron chi connectivity index (χ2n) is 6.82. The first-order valence-electron chi connectivity index (χ1n) is 9.66. The Kier molecular flexibility index (Phi) is 5.43. The Balaban J connectivity index is 2.08.